The predicted molar refractivity (Wildman–Crippen MR) is 38.6 cm³/mol. The van der Waals surface area contributed by atoms with Crippen molar-refractivity contribution in [2.45, 2.75) is 19.3 Å². The lowest BCUT2D eigenvalue weighted by Gasteiger charge is -1.93. The molecule has 0 aliphatic rings. The Hall–Kier alpha value is -0.830. The van der Waals surface area contributed by atoms with Crippen LogP contribution in [0.25, 0.3) is 0 Å². The van der Waals surface area contributed by atoms with Crippen LogP contribution in [0.4, 0.5) is 0 Å². The molecule has 0 unspecified atom stereocenters. The topological polar surface area (TPSA) is 48.9 Å². The second kappa shape index (κ2) is 4.06. The van der Waals surface area contributed by atoms with Crippen molar-refractivity contribution in [3.63, 3.8) is 0 Å². The Kier molecular flexibility index (Phi) is 2.96. The molecule has 3 nitrogen and oxygen atoms in total. The highest BCUT2D eigenvalue weighted by molar-refractivity contribution is 4.86. The van der Waals surface area contributed by atoms with Crippen LogP contribution in [-0.2, 0) is 6.42 Å². The second-order valence-corrected chi connectivity index (χ2v) is 2.22. The fourth-order valence-corrected chi connectivity index (χ4v) is 0.839. The van der Waals surface area contributed by atoms with Crippen molar-refractivity contribution in [3.05, 3.63) is 18.2 Å². The van der Waals surface area contributed by atoms with Crippen LogP contribution in [0.15, 0.2) is 12.4 Å². The van der Waals surface area contributed by atoms with Gasteiger partial charge in [0.15, 0.2) is 0 Å². The zero-order chi connectivity index (χ0) is 7.23. The highest BCUT2D eigenvalue weighted by Crippen LogP contribution is 1.96. The summed E-state index contributed by atoms with van der Waals surface area (Å²) in [4.78, 5) is 7.05. The first-order chi connectivity index (χ1) is 4.93. The molecule has 0 saturated heterocycles. The Bertz CT molecular complexity index is 160. The third-order valence-electron chi connectivity index (χ3n) is 1.38. The summed E-state index contributed by atoms with van der Waals surface area (Å²) in [6, 6.07) is 0. The van der Waals surface area contributed by atoms with Gasteiger partial charge in [-0.3, -0.25) is 0 Å². The minimum absolute atomic E-state index is 0.278. The summed E-state index contributed by atoms with van der Waals surface area (Å²) >= 11 is 0. The number of rotatable bonds is 4. The molecular weight excluding hydrogens is 128 g/mol. The van der Waals surface area contributed by atoms with Crippen LogP contribution in [0.5, 0.6) is 0 Å². The lowest BCUT2D eigenvalue weighted by molar-refractivity contribution is 0.284. The molecule has 1 heterocycles. The van der Waals surface area contributed by atoms with Gasteiger partial charge in [0.2, 0.25) is 0 Å². The molecule has 3 heteroatoms. The Morgan fingerprint density at radius 1 is 1.50 bits per heavy atom. The molecule has 0 radical (unpaired) electrons. The molecule has 0 aliphatic heterocycles. The van der Waals surface area contributed by atoms with Crippen LogP contribution in [0, 0.1) is 0 Å². The number of nitrogens with zero attached hydrogens (tertiary/aromatic N) is 1. The van der Waals surface area contributed by atoms with Gasteiger partial charge in [-0.25, -0.2) is 4.98 Å². The summed E-state index contributed by atoms with van der Waals surface area (Å²) in [6.45, 7) is 0.278. The van der Waals surface area contributed by atoms with E-state index in [9.17, 15) is 0 Å². The Labute approximate surface area is 60.1 Å². The fraction of sp³-hybridized carbons (Fsp3) is 0.571. The molecule has 1 rings (SSSR count). The molecule has 1 aromatic heterocycles. The van der Waals surface area contributed by atoms with E-state index < -0.39 is 0 Å². The number of hydrogen-bond donors (Lipinski definition) is 2. The number of H-pyrrole nitrogens is 1. The van der Waals surface area contributed by atoms with Crippen LogP contribution < -0.4 is 0 Å². The monoisotopic (exact) mass is 140 g/mol. The molecular formula is C7H12N2O. The van der Waals surface area contributed by atoms with Crippen LogP contribution >= 0.6 is 0 Å². The fourth-order valence-electron chi connectivity index (χ4n) is 0.839. The van der Waals surface area contributed by atoms with Crippen LogP contribution in [0.2, 0.25) is 0 Å². The maximum absolute atomic E-state index is 8.46. The molecule has 10 heavy (non-hydrogen) atoms. The van der Waals surface area contributed by atoms with Gasteiger partial charge in [-0.05, 0) is 12.8 Å². The maximum atomic E-state index is 8.46. The molecule has 0 aromatic carbocycles. The van der Waals surface area contributed by atoms with Gasteiger partial charge < -0.3 is 10.1 Å². The largest absolute Gasteiger partial charge is 0.396 e. The second-order valence-electron chi connectivity index (χ2n) is 2.22. The first kappa shape index (κ1) is 7.28. The number of aryl methyl sites for hydroxylation is 1. The van der Waals surface area contributed by atoms with E-state index in [1.807, 2.05) is 6.20 Å². The van der Waals surface area contributed by atoms with E-state index in [1.54, 1.807) is 6.20 Å². The smallest absolute Gasteiger partial charge is 0.105 e. The van der Waals surface area contributed by atoms with Gasteiger partial charge in [0, 0.05) is 25.4 Å². The zero-order valence-corrected chi connectivity index (χ0v) is 5.88. The summed E-state index contributed by atoms with van der Waals surface area (Å²) < 4.78 is 0. The van der Waals surface area contributed by atoms with Crippen molar-refractivity contribution >= 4 is 0 Å². The lowest BCUT2D eigenvalue weighted by atomic mass is 10.2. The number of unbranched alkanes of at least 4 members (excludes halogenated alkanes) is 1. The van der Waals surface area contributed by atoms with Crippen LogP contribution in [-0.4, -0.2) is 21.7 Å². The Balaban J connectivity index is 2.15. The average Bonchev–Trinajstić information content (AvgIpc) is 2.41. The van der Waals surface area contributed by atoms with E-state index in [0.29, 0.717) is 0 Å². The molecule has 0 spiro atoms. The maximum Gasteiger partial charge on any atom is 0.105 e. The SMILES string of the molecule is OCCCCc1ncc[nH]1. The number of aromatic nitrogens is 2. The van der Waals surface area contributed by atoms with Gasteiger partial charge in [-0.15, -0.1) is 0 Å². The summed E-state index contributed by atoms with van der Waals surface area (Å²) in [5.74, 6) is 1.01. The van der Waals surface area contributed by atoms with Gasteiger partial charge in [0.25, 0.3) is 0 Å². The normalized spacial score (nSPS) is 10.1. The van der Waals surface area contributed by atoms with Gasteiger partial charge in [-0.2, -0.15) is 0 Å². The predicted octanol–water partition coefficient (Wildman–Crippen LogP) is 0.725. The molecule has 2 N–H and O–H groups in total. The average molecular weight is 140 g/mol. The van der Waals surface area contributed by atoms with Crippen LogP contribution in [0.1, 0.15) is 18.7 Å². The molecule has 0 bridgehead atoms. The highest BCUT2D eigenvalue weighted by atomic mass is 16.2. The lowest BCUT2D eigenvalue weighted by Crippen LogP contribution is -1.90. The van der Waals surface area contributed by atoms with E-state index in [4.69, 9.17) is 5.11 Å². The summed E-state index contributed by atoms with van der Waals surface area (Å²) in [7, 11) is 0. The number of nitrogens with one attached hydrogen (secondary N) is 1. The van der Waals surface area contributed by atoms with E-state index >= 15 is 0 Å². The van der Waals surface area contributed by atoms with Gasteiger partial charge >= 0.3 is 0 Å². The first-order valence-electron chi connectivity index (χ1n) is 3.52. The molecule has 0 atom stereocenters. The Morgan fingerprint density at radius 2 is 2.40 bits per heavy atom. The van der Waals surface area contributed by atoms with Crippen molar-refractivity contribution in [2.24, 2.45) is 0 Å². The number of hydrogen-bond acceptors (Lipinski definition) is 2. The molecule has 0 saturated carbocycles. The summed E-state index contributed by atoms with van der Waals surface area (Å²) in [6.07, 6.45) is 6.36. The van der Waals surface area contributed by atoms with Gasteiger partial charge in [0.1, 0.15) is 5.82 Å². The van der Waals surface area contributed by atoms with Gasteiger partial charge in [0.05, 0.1) is 0 Å². The standard InChI is InChI=1S/C7H12N2O/c10-6-2-1-3-7-8-4-5-9-7/h4-5,10H,1-3,6H2,(H,8,9). The van der Waals surface area contributed by atoms with Crippen molar-refractivity contribution in [2.75, 3.05) is 6.61 Å². The quantitative estimate of drug-likeness (QED) is 0.605. The zero-order valence-electron chi connectivity index (χ0n) is 5.88. The van der Waals surface area contributed by atoms with Crippen molar-refractivity contribution in [3.8, 4) is 0 Å². The number of imidazole rings is 1. The number of aromatic amines is 1. The first-order valence-corrected chi connectivity index (χ1v) is 3.52. The third-order valence-corrected chi connectivity index (χ3v) is 1.38. The number of aliphatic hydroxyl groups is 1. The van der Waals surface area contributed by atoms with E-state index in [0.717, 1.165) is 25.1 Å². The van der Waals surface area contributed by atoms with E-state index in [1.165, 1.54) is 0 Å². The third kappa shape index (κ3) is 2.19. The molecule has 0 fully saturated rings. The Morgan fingerprint density at radius 3 is 3.00 bits per heavy atom. The van der Waals surface area contributed by atoms with Crippen LogP contribution in [0.3, 0.4) is 0 Å². The van der Waals surface area contributed by atoms with Crippen molar-refractivity contribution in [1.29, 1.82) is 0 Å². The van der Waals surface area contributed by atoms with Crippen molar-refractivity contribution in [1.82, 2.24) is 9.97 Å². The number of aliphatic hydroxyl groups excluding tert-OH is 1. The minimum atomic E-state index is 0.278. The van der Waals surface area contributed by atoms with Gasteiger partial charge in [-0.1, -0.05) is 0 Å². The van der Waals surface area contributed by atoms with E-state index in [-0.39, 0.29) is 6.61 Å². The minimum Gasteiger partial charge on any atom is -0.396 e. The molecule has 0 amide bonds. The summed E-state index contributed by atoms with van der Waals surface area (Å²) in [5, 5.41) is 8.46. The van der Waals surface area contributed by atoms with Crippen molar-refractivity contribution < 1.29 is 5.11 Å². The summed E-state index contributed by atoms with van der Waals surface area (Å²) in [5.41, 5.74) is 0. The molecule has 0 aliphatic carbocycles. The van der Waals surface area contributed by atoms with E-state index in [2.05, 4.69) is 9.97 Å². The molecule has 56 valence electrons. The molecule has 1 aromatic rings. The highest BCUT2D eigenvalue weighted by Gasteiger charge is 1.92.